The van der Waals surface area contributed by atoms with E-state index in [2.05, 4.69) is 19.9 Å². The number of amides is 1. The van der Waals surface area contributed by atoms with Crippen LogP contribution in [-0.2, 0) is 6.54 Å². The number of halogens is 1. The monoisotopic (exact) mass is 457 g/mol. The molecule has 0 aliphatic carbocycles. The number of hydrogen-bond donors (Lipinski definition) is 1. The molecule has 1 amide bonds. The fourth-order valence-electron chi connectivity index (χ4n) is 3.46. The third-order valence-corrected chi connectivity index (χ3v) is 5.65. The normalized spacial score (nSPS) is 11.7. The van der Waals surface area contributed by atoms with Gasteiger partial charge in [0.15, 0.2) is 0 Å². The summed E-state index contributed by atoms with van der Waals surface area (Å²) in [6.07, 6.45) is 4.67. The highest BCUT2D eigenvalue weighted by molar-refractivity contribution is 6.31. The van der Waals surface area contributed by atoms with Crippen LogP contribution in [0.2, 0.25) is 5.02 Å². The number of aromatic nitrogens is 4. The number of nitrogens with two attached hydrogens (primary N) is 1. The molecular formula is C24H20ClN7O. The van der Waals surface area contributed by atoms with Gasteiger partial charge in [-0.3, -0.25) is 9.78 Å². The molecule has 0 aliphatic heterocycles. The Bertz CT molecular complexity index is 1390. The van der Waals surface area contributed by atoms with Crippen molar-refractivity contribution in [2.75, 3.05) is 5.73 Å². The van der Waals surface area contributed by atoms with Gasteiger partial charge in [-0.1, -0.05) is 11.6 Å². The van der Waals surface area contributed by atoms with E-state index < -0.39 is 6.04 Å². The first-order chi connectivity index (χ1) is 15.9. The van der Waals surface area contributed by atoms with E-state index in [9.17, 15) is 4.79 Å². The maximum Gasteiger partial charge on any atom is 0.254 e. The molecule has 164 valence electrons. The van der Waals surface area contributed by atoms with Crippen molar-refractivity contribution in [2.24, 2.45) is 0 Å². The average Bonchev–Trinajstić information content (AvgIpc) is 2.83. The first kappa shape index (κ1) is 22.1. The molecule has 4 rings (SSSR count). The zero-order valence-electron chi connectivity index (χ0n) is 18.0. The van der Waals surface area contributed by atoms with Gasteiger partial charge in [0.05, 0.1) is 34.4 Å². The van der Waals surface area contributed by atoms with Crippen molar-refractivity contribution < 1.29 is 4.79 Å². The van der Waals surface area contributed by atoms with E-state index in [-0.39, 0.29) is 23.0 Å². The Morgan fingerprint density at radius 3 is 2.67 bits per heavy atom. The van der Waals surface area contributed by atoms with Crippen molar-refractivity contribution in [1.82, 2.24) is 24.8 Å². The van der Waals surface area contributed by atoms with Gasteiger partial charge in [-0.05, 0) is 55.8 Å². The highest BCUT2D eigenvalue weighted by Gasteiger charge is 2.26. The summed E-state index contributed by atoms with van der Waals surface area (Å²) < 4.78 is 0. The Morgan fingerprint density at radius 1 is 1.21 bits per heavy atom. The summed E-state index contributed by atoms with van der Waals surface area (Å²) in [5, 5.41) is 10.2. The van der Waals surface area contributed by atoms with Gasteiger partial charge in [0, 0.05) is 29.5 Å². The molecule has 0 saturated carbocycles. The minimum Gasteiger partial charge on any atom is -0.383 e. The van der Waals surface area contributed by atoms with Crippen LogP contribution in [0.25, 0.3) is 10.9 Å². The number of hydrogen-bond acceptors (Lipinski definition) is 7. The van der Waals surface area contributed by atoms with Crippen LogP contribution in [-0.4, -0.2) is 30.7 Å². The Balaban J connectivity index is 1.74. The maximum absolute atomic E-state index is 13.7. The third-order valence-electron chi connectivity index (χ3n) is 5.34. The van der Waals surface area contributed by atoms with E-state index in [4.69, 9.17) is 22.6 Å². The molecule has 2 N–H and O–H groups in total. The highest BCUT2D eigenvalue weighted by Crippen LogP contribution is 2.25. The molecule has 4 aromatic rings. The molecule has 8 nitrogen and oxygen atoms in total. The van der Waals surface area contributed by atoms with Crippen molar-refractivity contribution in [2.45, 2.75) is 26.4 Å². The van der Waals surface area contributed by atoms with Gasteiger partial charge in [-0.15, -0.1) is 0 Å². The van der Waals surface area contributed by atoms with Gasteiger partial charge < -0.3 is 10.6 Å². The predicted molar refractivity (Wildman–Crippen MR) is 125 cm³/mol. The minimum absolute atomic E-state index is 0.154. The topological polar surface area (TPSA) is 122 Å². The second-order valence-corrected chi connectivity index (χ2v) is 7.99. The van der Waals surface area contributed by atoms with Crippen LogP contribution in [0, 0.1) is 18.3 Å². The Kier molecular flexibility index (Phi) is 6.16. The van der Waals surface area contributed by atoms with E-state index in [0.717, 1.165) is 10.9 Å². The van der Waals surface area contributed by atoms with Gasteiger partial charge in [0.25, 0.3) is 5.91 Å². The lowest BCUT2D eigenvalue weighted by molar-refractivity contribution is 0.0663. The second kappa shape index (κ2) is 9.18. The number of carbonyl (C=O) groups excluding carboxylic acids is 1. The summed E-state index contributed by atoms with van der Waals surface area (Å²) in [5.41, 5.74) is 8.76. The van der Waals surface area contributed by atoms with Gasteiger partial charge in [-0.2, -0.15) is 5.26 Å². The number of anilines is 1. The SMILES string of the molecule is Cc1cc2cc(C(=O)N(Cc3cc(Cl)c(C#N)cn3)[C@H](C)c3ncccn3)ccc2nc1N. The van der Waals surface area contributed by atoms with E-state index >= 15 is 0 Å². The molecule has 9 heteroatoms. The minimum atomic E-state index is -0.447. The summed E-state index contributed by atoms with van der Waals surface area (Å²) in [5.74, 6) is 0.729. The molecule has 1 aromatic carbocycles. The quantitative estimate of drug-likeness (QED) is 0.475. The van der Waals surface area contributed by atoms with Crippen LogP contribution < -0.4 is 5.73 Å². The number of pyridine rings is 2. The Labute approximate surface area is 195 Å². The molecule has 0 spiro atoms. The van der Waals surface area contributed by atoms with Crippen LogP contribution >= 0.6 is 11.6 Å². The predicted octanol–water partition coefficient (Wildman–Crippen LogP) is 4.24. The molecule has 0 saturated heterocycles. The van der Waals surface area contributed by atoms with Crippen molar-refractivity contribution >= 4 is 34.2 Å². The number of carbonyl (C=O) groups is 1. The molecule has 0 aliphatic rings. The summed E-state index contributed by atoms with van der Waals surface area (Å²) in [6, 6.07) is 12.0. The highest BCUT2D eigenvalue weighted by atomic mass is 35.5. The first-order valence-electron chi connectivity index (χ1n) is 10.2. The van der Waals surface area contributed by atoms with Crippen molar-refractivity contribution in [3.05, 3.63) is 88.2 Å². The van der Waals surface area contributed by atoms with Crippen LogP contribution in [0.3, 0.4) is 0 Å². The van der Waals surface area contributed by atoms with Crippen molar-refractivity contribution in [1.29, 1.82) is 5.26 Å². The zero-order chi connectivity index (χ0) is 23.5. The standard InChI is InChI=1S/C24H20ClN7O/c1-14-8-17-9-16(4-5-21(17)31-22(14)27)24(33)32(15(2)23-28-6-3-7-29-23)13-19-10-20(25)18(11-26)12-30-19/h3-10,12,15H,13H2,1-2H3,(H2,27,31)/t15-/m1/s1. The van der Waals surface area contributed by atoms with Gasteiger partial charge in [0.2, 0.25) is 0 Å². The number of nitriles is 1. The van der Waals surface area contributed by atoms with Gasteiger partial charge >= 0.3 is 0 Å². The number of nitrogens with zero attached hydrogens (tertiary/aromatic N) is 6. The van der Waals surface area contributed by atoms with Gasteiger partial charge in [0.1, 0.15) is 17.7 Å². The van der Waals surface area contributed by atoms with E-state index in [0.29, 0.717) is 28.4 Å². The molecule has 0 unspecified atom stereocenters. The smallest absolute Gasteiger partial charge is 0.254 e. The molecule has 33 heavy (non-hydrogen) atoms. The van der Waals surface area contributed by atoms with Crippen molar-refractivity contribution in [3.63, 3.8) is 0 Å². The van der Waals surface area contributed by atoms with Crippen LogP contribution in [0.4, 0.5) is 5.82 Å². The molecular weight excluding hydrogens is 438 g/mol. The largest absolute Gasteiger partial charge is 0.383 e. The van der Waals surface area contributed by atoms with Gasteiger partial charge in [-0.25, -0.2) is 15.0 Å². The molecule has 0 fully saturated rings. The lowest BCUT2D eigenvalue weighted by Crippen LogP contribution is -2.34. The van der Waals surface area contributed by atoms with Crippen LogP contribution in [0.5, 0.6) is 0 Å². The first-order valence-corrected chi connectivity index (χ1v) is 10.5. The fraction of sp³-hybridized carbons (Fsp3) is 0.167. The Morgan fingerprint density at radius 2 is 1.97 bits per heavy atom. The lowest BCUT2D eigenvalue weighted by Gasteiger charge is -2.28. The molecule has 3 heterocycles. The third kappa shape index (κ3) is 4.59. The summed E-state index contributed by atoms with van der Waals surface area (Å²) in [4.78, 5) is 32.6. The molecule has 1 atom stereocenters. The zero-order valence-corrected chi connectivity index (χ0v) is 18.8. The summed E-state index contributed by atoms with van der Waals surface area (Å²) in [6.45, 7) is 3.88. The second-order valence-electron chi connectivity index (χ2n) is 7.58. The van der Waals surface area contributed by atoms with Crippen LogP contribution in [0.15, 0.2) is 55.0 Å². The fourth-order valence-corrected chi connectivity index (χ4v) is 3.68. The summed E-state index contributed by atoms with van der Waals surface area (Å²) >= 11 is 6.19. The lowest BCUT2D eigenvalue weighted by atomic mass is 10.1. The molecule has 0 bridgehead atoms. The molecule has 3 aromatic heterocycles. The summed E-state index contributed by atoms with van der Waals surface area (Å²) in [7, 11) is 0. The molecule has 0 radical (unpaired) electrons. The maximum atomic E-state index is 13.7. The number of benzene rings is 1. The Hall–Kier alpha value is -4.09. The van der Waals surface area contributed by atoms with Crippen molar-refractivity contribution in [3.8, 4) is 6.07 Å². The number of aryl methyl sites for hydroxylation is 1. The number of fused-ring (bicyclic) bond motifs is 1. The van der Waals surface area contributed by atoms with E-state index in [1.54, 1.807) is 47.6 Å². The van der Waals surface area contributed by atoms with Crippen LogP contribution in [0.1, 0.15) is 46.0 Å². The number of nitrogen functional groups attached to an aromatic ring is 1. The van der Waals surface area contributed by atoms with E-state index in [1.807, 2.05) is 26.0 Å². The number of rotatable bonds is 5. The van der Waals surface area contributed by atoms with E-state index in [1.165, 1.54) is 6.20 Å². The average molecular weight is 458 g/mol.